The predicted molar refractivity (Wildman–Crippen MR) is 89.0 cm³/mol. The van der Waals surface area contributed by atoms with Crippen molar-refractivity contribution in [2.45, 2.75) is 32.1 Å². The summed E-state index contributed by atoms with van der Waals surface area (Å²) in [4.78, 5) is 12.4. The highest BCUT2D eigenvalue weighted by Crippen LogP contribution is 2.43. The SMILES string of the molecule is CCOC(=O)C(c1ccccc1)C(C)(C)C(Cl)C=C(Cl)Cl. The van der Waals surface area contributed by atoms with Crippen molar-refractivity contribution in [2.75, 3.05) is 6.61 Å². The molecule has 0 radical (unpaired) electrons. The van der Waals surface area contributed by atoms with Gasteiger partial charge in [0.2, 0.25) is 0 Å². The number of allylic oxidation sites excluding steroid dienone is 1. The first-order valence-corrected chi connectivity index (χ1v) is 7.88. The smallest absolute Gasteiger partial charge is 0.314 e. The molecule has 0 aliphatic heterocycles. The third kappa shape index (κ3) is 4.91. The molecule has 1 rings (SSSR count). The molecule has 0 amide bonds. The molecule has 0 aliphatic carbocycles. The highest BCUT2D eigenvalue weighted by atomic mass is 35.5. The van der Waals surface area contributed by atoms with Gasteiger partial charge in [-0.2, -0.15) is 0 Å². The molecule has 0 saturated heterocycles. The molecule has 21 heavy (non-hydrogen) atoms. The van der Waals surface area contributed by atoms with Gasteiger partial charge in [-0.25, -0.2) is 0 Å². The van der Waals surface area contributed by atoms with Gasteiger partial charge in [0.1, 0.15) is 4.49 Å². The quantitative estimate of drug-likeness (QED) is 0.515. The molecule has 0 bridgehead atoms. The summed E-state index contributed by atoms with van der Waals surface area (Å²) in [6.07, 6.45) is 1.53. The largest absolute Gasteiger partial charge is 0.466 e. The molecule has 5 heteroatoms. The van der Waals surface area contributed by atoms with Gasteiger partial charge < -0.3 is 4.74 Å². The third-order valence-corrected chi connectivity index (χ3v) is 4.32. The second-order valence-corrected chi connectivity index (χ2v) is 6.75. The molecule has 0 N–H and O–H groups in total. The number of alkyl halides is 1. The van der Waals surface area contributed by atoms with Gasteiger partial charge in [-0.3, -0.25) is 4.79 Å². The normalized spacial score (nSPS) is 14.2. The van der Waals surface area contributed by atoms with E-state index in [2.05, 4.69) is 0 Å². The van der Waals surface area contributed by atoms with Crippen LogP contribution in [0.15, 0.2) is 40.9 Å². The number of hydrogen-bond donors (Lipinski definition) is 0. The van der Waals surface area contributed by atoms with Crippen LogP contribution in [0.5, 0.6) is 0 Å². The van der Waals surface area contributed by atoms with E-state index in [9.17, 15) is 4.79 Å². The van der Waals surface area contributed by atoms with E-state index in [4.69, 9.17) is 39.5 Å². The Kier molecular flexibility index (Phi) is 7.05. The van der Waals surface area contributed by atoms with Crippen molar-refractivity contribution in [3.8, 4) is 0 Å². The Morgan fingerprint density at radius 1 is 1.29 bits per heavy atom. The molecule has 0 aliphatic rings. The van der Waals surface area contributed by atoms with Crippen LogP contribution in [0.4, 0.5) is 0 Å². The fourth-order valence-corrected chi connectivity index (χ4v) is 2.86. The zero-order valence-electron chi connectivity index (χ0n) is 12.3. The van der Waals surface area contributed by atoms with E-state index >= 15 is 0 Å². The minimum Gasteiger partial charge on any atom is -0.466 e. The lowest BCUT2D eigenvalue weighted by molar-refractivity contribution is -0.147. The summed E-state index contributed by atoms with van der Waals surface area (Å²) in [6, 6.07) is 9.43. The van der Waals surface area contributed by atoms with Crippen LogP contribution in [-0.2, 0) is 9.53 Å². The van der Waals surface area contributed by atoms with Gasteiger partial charge >= 0.3 is 5.97 Å². The van der Waals surface area contributed by atoms with Crippen molar-refractivity contribution >= 4 is 40.8 Å². The lowest BCUT2D eigenvalue weighted by Crippen LogP contribution is -2.36. The maximum atomic E-state index is 12.4. The Balaban J connectivity index is 3.23. The highest BCUT2D eigenvalue weighted by molar-refractivity contribution is 6.56. The average molecular weight is 350 g/mol. The second kappa shape index (κ2) is 8.07. The van der Waals surface area contributed by atoms with Gasteiger partial charge in [0.05, 0.1) is 17.9 Å². The zero-order chi connectivity index (χ0) is 16.0. The Morgan fingerprint density at radius 3 is 2.33 bits per heavy atom. The van der Waals surface area contributed by atoms with Crippen molar-refractivity contribution in [1.29, 1.82) is 0 Å². The topological polar surface area (TPSA) is 26.3 Å². The van der Waals surface area contributed by atoms with Crippen LogP contribution in [0.25, 0.3) is 0 Å². The number of rotatable bonds is 6. The van der Waals surface area contributed by atoms with E-state index in [-0.39, 0.29) is 10.5 Å². The van der Waals surface area contributed by atoms with Gasteiger partial charge in [-0.1, -0.05) is 67.4 Å². The molecular formula is C16H19Cl3O2. The first kappa shape index (κ1) is 18.3. The molecule has 2 nitrogen and oxygen atoms in total. The molecule has 116 valence electrons. The minimum absolute atomic E-state index is 0.0822. The van der Waals surface area contributed by atoms with Gasteiger partial charge in [-0.05, 0) is 18.6 Å². The van der Waals surface area contributed by atoms with Crippen molar-refractivity contribution in [2.24, 2.45) is 5.41 Å². The molecule has 1 aromatic carbocycles. The highest BCUT2D eigenvalue weighted by Gasteiger charge is 2.42. The molecule has 0 spiro atoms. The van der Waals surface area contributed by atoms with E-state index < -0.39 is 16.7 Å². The first-order valence-electron chi connectivity index (χ1n) is 6.69. The molecular weight excluding hydrogens is 331 g/mol. The van der Waals surface area contributed by atoms with Crippen LogP contribution in [0, 0.1) is 5.41 Å². The van der Waals surface area contributed by atoms with Crippen LogP contribution < -0.4 is 0 Å². The molecule has 1 aromatic rings. The lowest BCUT2D eigenvalue weighted by atomic mass is 9.72. The minimum atomic E-state index is -0.621. The molecule has 2 unspecified atom stereocenters. The number of carbonyl (C=O) groups is 1. The van der Waals surface area contributed by atoms with Crippen molar-refractivity contribution in [3.05, 3.63) is 46.5 Å². The van der Waals surface area contributed by atoms with E-state index in [0.29, 0.717) is 6.61 Å². The summed E-state index contributed by atoms with van der Waals surface area (Å²) < 4.78 is 5.30. The number of carbonyl (C=O) groups excluding carboxylic acids is 1. The van der Waals surface area contributed by atoms with E-state index in [1.807, 2.05) is 44.2 Å². The summed E-state index contributed by atoms with van der Waals surface area (Å²) in [5.41, 5.74) is 0.232. The number of esters is 1. The molecule has 0 aromatic heterocycles. The van der Waals surface area contributed by atoms with Crippen molar-refractivity contribution in [1.82, 2.24) is 0 Å². The summed E-state index contributed by atoms with van der Waals surface area (Å²) in [6.45, 7) is 5.89. The summed E-state index contributed by atoms with van der Waals surface area (Å²) >= 11 is 17.8. The lowest BCUT2D eigenvalue weighted by Gasteiger charge is -2.35. The maximum Gasteiger partial charge on any atom is 0.314 e. The molecule has 0 heterocycles. The number of hydrogen-bond acceptors (Lipinski definition) is 2. The average Bonchev–Trinajstić information content (AvgIpc) is 2.39. The van der Waals surface area contributed by atoms with Gasteiger partial charge in [0.25, 0.3) is 0 Å². The first-order chi connectivity index (χ1) is 9.80. The van der Waals surface area contributed by atoms with Crippen molar-refractivity contribution in [3.63, 3.8) is 0 Å². The molecule has 0 saturated carbocycles. The second-order valence-electron chi connectivity index (χ2n) is 5.28. The number of ether oxygens (including phenoxy) is 1. The Labute approximate surface area is 141 Å². The molecule has 2 atom stereocenters. The van der Waals surface area contributed by atoms with Gasteiger partial charge in [0.15, 0.2) is 0 Å². The van der Waals surface area contributed by atoms with Crippen LogP contribution in [0.3, 0.4) is 0 Å². The summed E-state index contributed by atoms with van der Waals surface area (Å²) in [5, 5.41) is -0.517. The summed E-state index contributed by atoms with van der Waals surface area (Å²) in [5.74, 6) is -0.816. The summed E-state index contributed by atoms with van der Waals surface area (Å²) in [7, 11) is 0. The fourth-order valence-electron chi connectivity index (χ4n) is 2.23. The van der Waals surface area contributed by atoms with Crippen molar-refractivity contribution < 1.29 is 9.53 Å². The van der Waals surface area contributed by atoms with E-state index in [1.54, 1.807) is 6.92 Å². The number of halogens is 3. The Bertz CT molecular complexity index is 494. The van der Waals surface area contributed by atoms with Gasteiger partial charge in [0, 0.05) is 5.41 Å². The standard InChI is InChI=1S/C16H19Cl3O2/c1-4-21-15(20)14(11-8-6-5-7-9-11)16(2,3)12(17)10-13(18)19/h5-10,12,14H,4H2,1-3H3. The third-order valence-electron chi connectivity index (χ3n) is 3.38. The monoisotopic (exact) mass is 348 g/mol. The number of benzene rings is 1. The zero-order valence-corrected chi connectivity index (χ0v) is 14.5. The predicted octanol–water partition coefficient (Wildman–Crippen LogP) is 5.29. The van der Waals surface area contributed by atoms with Crippen LogP contribution >= 0.6 is 34.8 Å². The molecule has 0 fully saturated rings. The van der Waals surface area contributed by atoms with Gasteiger partial charge in [-0.15, -0.1) is 11.6 Å². The van der Waals surface area contributed by atoms with E-state index in [1.165, 1.54) is 6.08 Å². The van der Waals surface area contributed by atoms with E-state index in [0.717, 1.165) is 5.56 Å². The van der Waals surface area contributed by atoms with Crippen LogP contribution in [0.2, 0.25) is 0 Å². The Morgan fingerprint density at radius 2 is 1.86 bits per heavy atom. The van der Waals surface area contributed by atoms with Crippen LogP contribution in [0.1, 0.15) is 32.3 Å². The maximum absolute atomic E-state index is 12.4. The Hall–Kier alpha value is -0.700. The fraction of sp³-hybridized carbons (Fsp3) is 0.438. The van der Waals surface area contributed by atoms with Crippen LogP contribution in [-0.4, -0.2) is 18.0 Å².